The van der Waals surface area contributed by atoms with E-state index in [0.29, 0.717) is 17.1 Å². The van der Waals surface area contributed by atoms with E-state index < -0.39 is 23.6 Å². The molecule has 34 heavy (non-hydrogen) atoms. The average molecular weight is 471 g/mol. The highest BCUT2D eigenvalue weighted by Crippen LogP contribution is 2.30. The van der Waals surface area contributed by atoms with Gasteiger partial charge in [0.05, 0.1) is 5.56 Å². The second kappa shape index (κ2) is 10.5. The second-order valence-corrected chi connectivity index (χ2v) is 7.16. The lowest BCUT2D eigenvalue weighted by Crippen LogP contribution is -2.20. The van der Waals surface area contributed by atoms with Crippen LogP contribution >= 0.6 is 0 Å². The Hall–Kier alpha value is -4.34. The fourth-order valence-electron chi connectivity index (χ4n) is 2.90. The zero-order valence-corrected chi connectivity index (χ0v) is 17.9. The molecule has 0 aliphatic rings. The van der Waals surface area contributed by atoms with E-state index in [1.165, 1.54) is 37.3 Å². The molecule has 0 aromatic heterocycles. The Morgan fingerprint density at radius 1 is 0.794 bits per heavy atom. The Balaban J connectivity index is 1.57. The van der Waals surface area contributed by atoms with E-state index in [2.05, 4.69) is 16.0 Å². The van der Waals surface area contributed by atoms with Crippen molar-refractivity contribution < 1.29 is 32.3 Å². The molecule has 0 aliphatic heterocycles. The second-order valence-electron chi connectivity index (χ2n) is 7.16. The highest BCUT2D eigenvalue weighted by molar-refractivity contribution is 6.05. The SMILES string of the molecule is CC(=O)Nc1ccc(OCC(=O)Nc2cccc(C(=O)Nc3cccc(C(F)(F)F)c3)c2)cc1. The minimum absolute atomic E-state index is 0.00724. The summed E-state index contributed by atoms with van der Waals surface area (Å²) in [5, 5.41) is 7.61. The van der Waals surface area contributed by atoms with Crippen molar-refractivity contribution in [1.29, 1.82) is 0 Å². The van der Waals surface area contributed by atoms with Gasteiger partial charge in [-0.1, -0.05) is 12.1 Å². The number of anilines is 3. The topological polar surface area (TPSA) is 96.5 Å². The van der Waals surface area contributed by atoms with Crippen LogP contribution in [0.3, 0.4) is 0 Å². The zero-order valence-electron chi connectivity index (χ0n) is 17.9. The van der Waals surface area contributed by atoms with Crippen molar-refractivity contribution >= 4 is 34.8 Å². The molecule has 3 amide bonds. The molecule has 7 nitrogen and oxygen atoms in total. The van der Waals surface area contributed by atoms with Gasteiger partial charge in [0.2, 0.25) is 5.91 Å². The number of amides is 3. The normalized spacial score (nSPS) is 10.8. The summed E-state index contributed by atoms with van der Waals surface area (Å²) < 4.78 is 44.0. The minimum atomic E-state index is -4.53. The van der Waals surface area contributed by atoms with Crippen LogP contribution in [0, 0.1) is 0 Å². The third kappa shape index (κ3) is 7.09. The molecule has 0 fully saturated rings. The first-order valence-corrected chi connectivity index (χ1v) is 9.99. The van der Waals surface area contributed by atoms with E-state index in [1.807, 2.05) is 0 Å². The number of nitrogens with one attached hydrogen (secondary N) is 3. The molecular formula is C24H20F3N3O4. The van der Waals surface area contributed by atoms with Crippen molar-refractivity contribution in [3.05, 3.63) is 83.9 Å². The van der Waals surface area contributed by atoms with Crippen LogP contribution in [-0.2, 0) is 15.8 Å². The van der Waals surface area contributed by atoms with Crippen LogP contribution in [0.2, 0.25) is 0 Å². The molecule has 0 spiro atoms. The minimum Gasteiger partial charge on any atom is -0.484 e. The average Bonchev–Trinajstić information content (AvgIpc) is 2.78. The predicted octanol–water partition coefficient (Wildman–Crippen LogP) is 4.93. The van der Waals surface area contributed by atoms with Crippen molar-refractivity contribution in [2.75, 3.05) is 22.6 Å². The quantitative estimate of drug-likeness (QED) is 0.455. The number of hydrogen-bond donors (Lipinski definition) is 3. The van der Waals surface area contributed by atoms with Gasteiger partial charge < -0.3 is 20.7 Å². The Morgan fingerprint density at radius 3 is 2.09 bits per heavy atom. The van der Waals surface area contributed by atoms with Crippen LogP contribution < -0.4 is 20.7 Å². The molecule has 0 atom stereocenters. The molecule has 10 heteroatoms. The van der Waals surface area contributed by atoms with Gasteiger partial charge in [0.25, 0.3) is 11.8 Å². The summed E-state index contributed by atoms with van der Waals surface area (Å²) in [6.07, 6.45) is -4.53. The van der Waals surface area contributed by atoms with Crippen molar-refractivity contribution in [3.8, 4) is 5.75 Å². The van der Waals surface area contributed by atoms with E-state index in [9.17, 15) is 27.6 Å². The number of carbonyl (C=O) groups excluding carboxylic acids is 3. The summed E-state index contributed by atoms with van der Waals surface area (Å²) in [5.41, 5.74) is 0.156. The number of ether oxygens (including phenoxy) is 1. The summed E-state index contributed by atoms with van der Waals surface area (Å²) in [6.45, 7) is 1.08. The molecule has 0 aliphatic carbocycles. The van der Waals surface area contributed by atoms with Gasteiger partial charge in [-0.3, -0.25) is 14.4 Å². The van der Waals surface area contributed by atoms with Crippen LogP contribution in [0.5, 0.6) is 5.75 Å². The highest BCUT2D eigenvalue weighted by Gasteiger charge is 2.30. The zero-order chi connectivity index (χ0) is 24.7. The lowest BCUT2D eigenvalue weighted by molar-refractivity contribution is -0.137. The molecule has 3 aromatic rings. The lowest BCUT2D eigenvalue weighted by atomic mass is 10.1. The molecule has 0 saturated carbocycles. The van der Waals surface area contributed by atoms with E-state index >= 15 is 0 Å². The summed E-state index contributed by atoms with van der Waals surface area (Å²) in [5.74, 6) is -0.912. The number of alkyl halides is 3. The number of benzene rings is 3. The van der Waals surface area contributed by atoms with Crippen molar-refractivity contribution in [3.63, 3.8) is 0 Å². The Bertz CT molecular complexity index is 1190. The van der Waals surface area contributed by atoms with Crippen LogP contribution in [0.4, 0.5) is 30.2 Å². The first kappa shape index (κ1) is 24.3. The summed E-state index contributed by atoms with van der Waals surface area (Å²) in [6, 6.07) is 16.7. The number of rotatable bonds is 7. The molecule has 0 saturated heterocycles. The van der Waals surface area contributed by atoms with Gasteiger partial charge >= 0.3 is 6.18 Å². The summed E-state index contributed by atoms with van der Waals surface area (Å²) in [4.78, 5) is 35.7. The number of carbonyl (C=O) groups is 3. The van der Waals surface area contributed by atoms with E-state index in [-0.39, 0.29) is 23.8 Å². The highest BCUT2D eigenvalue weighted by atomic mass is 19.4. The van der Waals surface area contributed by atoms with E-state index in [1.54, 1.807) is 30.3 Å². The van der Waals surface area contributed by atoms with Crippen molar-refractivity contribution in [2.24, 2.45) is 0 Å². The van der Waals surface area contributed by atoms with E-state index in [0.717, 1.165) is 12.1 Å². The number of hydrogen-bond acceptors (Lipinski definition) is 4. The molecule has 0 radical (unpaired) electrons. The van der Waals surface area contributed by atoms with E-state index in [4.69, 9.17) is 4.74 Å². The maximum atomic E-state index is 12.9. The first-order chi connectivity index (χ1) is 16.1. The van der Waals surface area contributed by atoms with Gasteiger partial charge in [0, 0.05) is 29.5 Å². The third-order valence-electron chi connectivity index (χ3n) is 4.40. The Labute approximate surface area is 192 Å². The predicted molar refractivity (Wildman–Crippen MR) is 121 cm³/mol. The monoisotopic (exact) mass is 471 g/mol. The smallest absolute Gasteiger partial charge is 0.416 e. The Morgan fingerprint density at radius 2 is 1.44 bits per heavy atom. The van der Waals surface area contributed by atoms with Crippen LogP contribution in [0.1, 0.15) is 22.8 Å². The van der Waals surface area contributed by atoms with Crippen LogP contribution in [0.25, 0.3) is 0 Å². The van der Waals surface area contributed by atoms with Gasteiger partial charge in [-0.2, -0.15) is 13.2 Å². The van der Waals surface area contributed by atoms with Gasteiger partial charge in [-0.05, 0) is 60.7 Å². The fraction of sp³-hybridized carbons (Fsp3) is 0.125. The van der Waals surface area contributed by atoms with Gasteiger partial charge in [0.15, 0.2) is 6.61 Å². The molecule has 0 unspecified atom stereocenters. The third-order valence-corrected chi connectivity index (χ3v) is 4.40. The molecule has 176 valence electrons. The first-order valence-electron chi connectivity index (χ1n) is 9.99. The maximum absolute atomic E-state index is 12.9. The maximum Gasteiger partial charge on any atom is 0.416 e. The number of halogens is 3. The van der Waals surface area contributed by atoms with Gasteiger partial charge in [-0.25, -0.2) is 0 Å². The standard InChI is InChI=1S/C24H20F3N3O4/c1-15(31)28-18-8-10-21(11-9-18)34-14-22(32)29-19-6-2-4-16(12-19)23(33)30-20-7-3-5-17(13-20)24(25,26)27/h2-13H,14H2,1H3,(H,28,31)(H,29,32)(H,30,33). The van der Waals surface area contributed by atoms with Crippen molar-refractivity contribution in [1.82, 2.24) is 0 Å². The van der Waals surface area contributed by atoms with Crippen LogP contribution in [0.15, 0.2) is 72.8 Å². The largest absolute Gasteiger partial charge is 0.484 e. The molecule has 3 N–H and O–H groups in total. The van der Waals surface area contributed by atoms with Crippen LogP contribution in [-0.4, -0.2) is 24.3 Å². The molecule has 0 bridgehead atoms. The molecular weight excluding hydrogens is 451 g/mol. The molecule has 3 rings (SSSR count). The summed E-state index contributed by atoms with van der Waals surface area (Å²) in [7, 11) is 0. The fourth-order valence-corrected chi connectivity index (χ4v) is 2.90. The lowest BCUT2D eigenvalue weighted by Gasteiger charge is -2.11. The van der Waals surface area contributed by atoms with Crippen molar-refractivity contribution in [2.45, 2.75) is 13.1 Å². The molecule has 3 aromatic carbocycles. The Kier molecular flexibility index (Phi) is 7.52. The summed E-state index contributed by atoms with van der Waals surface area (Å²) >= 11 is 0. The van der Waals surface area contributed by atoms with Gasteiger partial charge in [0.1, 0.15) is 5.75 Å². The molecule has 0 heterocycles. The van der Waals surface area contributed by atoms with Gasteiger partial charge in [-0.15, -0.1) is 0 Å².